The van der Waals surface area contributed by atoms with Gasteiger partial charge in [-0.25, -0.2) is 8.42 Å². The molecule has 8 heteroatoms. The maximum atomic E-state index is 12.8. The lowest BCUT2D eigenvalue weighted by Crippen LogP contribution is -2.40. The number of rotatable bonds is 7. The van der Waals surface area contributed by atoms with Crippen molar-refractivity contribution in [2.45, 2.75) is 23.0 Å². The molecule has 0 bridgehead atoms. The van der Waals surface area contributed by atoms with Crippen LogP contribution < -0.4 is 0 Å². The Hall–Kier alpha value is -0.820. The molecule has 136 valence electrons. The third-order valence-corrected chi connectivity index (χ3v) is 6.08. The first kappa shape index (κ1) is 20.5. The quantitative estimate of drug-likeness (QED) is 0.691. The van der Waals surface area contributed by atoms with Crippen LogP contribution in [-0.2, 0) is 23.1 Å². The van der Waals surface area contributed by atoms with E-state index in [0.29, 0.717) is 0 Å². The first-order valence-corrected chi connectivity index (χ1v) is 10.2. The van der Waals surface area contributed by atoms with Gasteiger partial charge in [0.15, 0.2) is 0 Å². The highest BCUT2D eigenvalue weighted by Gasteiger charge is 2.36. The second-order valence-electron chi connectivity index (χ2n) is 5.58. The van der Waals surface area contributed by atoms with E-state index in [9.17, 15) is 13.5 Å². The molecule has 0 radical (unpaired) electrons. The van der Waals surface area contributed by atoms with E-state index in [1.54, 1.807) is 0 Å². The fourth-order valence-electron chi connectivity index (χ4n) is 2.23. The lowest BCUT2D eigenvalue weighted by molar-refractivity contribution is 0.199. The molecule has 0 saturated carbocycles. The van der Waals surface area contributed by atoms with Crippen molar-refractivity contribution >= 4 is 44.8 Å². The lowest BCUT2D eigenvalue weighted by Gasteiger charge is -2.26. The van der Waals surface area contributed by atoms with E-state index in [0.717, 1.165) is 11.1 Å². The van der Waals surface area contributed by atoms with Crippen molar-refractivity contribution in [3.05, 3.63) is 71.8 Å². The minimum absolute atomic E-state index is 0.157. The third kappa shape index (κ3) is 6.44. The number of nitrogens with zero attached hydrogens (tertiary/aromatic N) is 1. The molecule has 0 unspecified atom stereocenters. The van der Waals surface area contributed by atoms with Crippen LogP contribution in [0.25, 0.3) is 0 Å². The minimum atomic E-state index is -3.87. The van der Waals surface area contributed by atoms with Gasteiger partial charge in [0, 0.05) is 13.1 Å². The van der Waals surface area contributed by atoms with Crippen LogP contribution in [0.2, 0.25) is 0 Å². The molecule has 25 heavy (non-hydrogen) atoms. The van der Waals surface area contributed by atoms with Crippen LogP contribution in [0.5, 0.6) is 0 Å². The van der Waals surface area contributed by atoms with E-state index in [1.165, 1.54) is 4.31 Å². The fourth-order valence-corrected chi connectivity index (χ4v) is 4.28. The molecule has 4 nitrogen and oxygen atoms in total. The first-order valence-electron chi connectivity index (χ1n) is 7.49. The van der Waals surface area contributed by atoms with Gasteiger partial charge in [-0.3, -0.25) is 0 Å². The summed E-state index contributed by atoms with van der Waals surface area (Å²) in [5, 5.41) is 9.90. The molecule has 0 aliphatic carbocycles. The van der Waals surface area contributed by atoms with Gasteiger partial charge < -0.3 is 5.11 Å². The predicted molar refractivity (Wildman–Crippen MR) is 102 cm³/mol. The number of benzene rings is 2. The fraction of sp³-hybridized carbons (Fsp3) is 0.294. The zero-order valence-corrected chi connectivity index (χ0v) is 16.3. The molecule has 0 amide bonds. The summed E-state index contributed by atoms with van der Waals surface area (Å²) in [4.78, 5) is 0. The van der Waals surface area contributed by atoms with Crippen molar-refractivity contribution in [3.63, 3.8) is 0 Å². The molecule has 0 aliphatic heterocycles. The second-order valence-corrected chi connectivity index (χ2v) is 9.96. The normalized spacial score (nSPS) is 13.8. The summed E-state index contributed by atoms with van der Waals surface area (Å²) in [6.45, 7) is 0.315. The van der Waals surface area contributed by atoms with Crippen LogP contribution in [0.3, 0.4) is 0 Å². The summed E-state index contributed by atoms with van der Waals surface area (Å²) in [7, 11) is -3.87. The average molecular weight is 423 g/mol. The van der Waals surface area contributed by atoms with Gasteiger partial charge in [0.05, 0.1) is 5.75 Å². The molecular weight excluding hydrogens is 405 g/mol. The van der Waals surface area contributed by atoms with Gasteiger partial charge >= 0.3 is 0 Å². The number of aliphatic hydroxyl groups excluding tert-OH is 1. The number of halogens is 3. The van der Waals surface area contributed by atoms with Gasteiger partial charge in [0.25, 0.3) is 0 Å². The number of alkyl halides is 3. The van der Waals surface area contributed by atoms with E-state index in [-0.39, 0.29) is 13.1 Å². The van der Waals surface area contributed by atoms with Crippen molar-refractivity contribution in [2.24, 2.45) is 0 Å². The van der Waals surface area contributed by atoms with Crippen molar-refractivity contribution in [2.75, 3.05) is 5.75 Å². The summed E-state index contributed by atoms with van der Waals surface area (Å²) in [5.41, 5.74) is 1.65. The number of aliphatic hydroxyl groups is 1. The van der Waals surface area contributed by atoms with Gasteiger partial charge in [-0.15, -0.1) is 0 Å². The minimum Gasteiger partial charge on any atom is -0.388 e. The molecule has 1 N–H and O–H groups in total. The monoisotopic (exact) mass is 421 g/mol. The Balaban J connectivity index is 2.26. The van der Waals surface area contributed by atoms with Crippen molar-refractivity contribution < 1.29 is 13.5 Å². The van der Waals surface area contributed by atoms with E-state index in [2.05, 4.69) is 0 Å². The number of sulfonamides is 1. The molecule has 0 spiro atoms. The van der Waals surface area contributed by atoms with Crippen LogP contribution in [0.15, 0.2) is 60.7 Å². The van der Waals surface area contributed by atoms with Crippen LogP contribution in [0.4, 0.5) is 0 Å². The summed E-state index contributed by atoms with van der Waals surface area (Å²) in [6.07, 6.45) is -1.63. The van der Waals surface area contributed by atoms with Gasteiger partial charge in [-0.2, -0.15) is 4.31 Å². The van der Waals surface area contributed by atoms with Crippen LogP contribution in [0, 0.1) is 0 Å². The molecule has 0 aromatic heterocycles. The van der Waals surface area contributed by atoms with Crippen molar-refractivity contribution in [3.8, 4) is 0 Å². The Morgan fingerprint density at radius 1 is 0.880 bits per heavy atom. The molecule has 2 aromatic rings. The largest absolute Gasteiger partial charge is 0.388 e. The molecule has 2 rings (SSSR count). The number of hydrogen-bond acceptors (Lipinski definition) is 3. The molecule has 0 saturated heterocycles. The summed E-state index contributed by atoms with van der Waals surface area (Å²) in [6, 6.07) is 18.4. The van der Waals surface area contributed by atoms with Crippen LogP contribution >= 0.6 is 34.8 Å². The topological polar surface area (TPSA) is 57.6 Å². The summed E-state index contributed by atoms with van der Waals surface area (Å²) < 4.78 is 24.8. The second kappa shape index (κ2) is 8.71. The highest BCUT2D eigenvalue weighted by molar-refractivity contribution is 7.89. The van der Waals surface area contributed by atoms with E-state index in [4.69, 9.17) is 34.8 Å². The Bertz CT molecular complexity index is 723. The maximum Gasteiger partial charge on any atom is 0.217 e. The summed E-state index contributed by atoms with van der Waals surface area (Å²) >= 11 is 16.8. The molecule has 0 aliphatic rings. The third-order valence-electron chi connectivity index (χ3n) is 3.54. The van der Waals surface area contributed by atoms with Gasteiger partial charge in [0.2, 0.25) is 13.8 Å². The highest BCUT2D eigenvalue weighted by Crippen LogP contribution is 2.31. The zero-order valence-electron chi connectivity index (χ0n) is 13.2. The SMILES string of the molecule is O=S(=O)(C[C@@H](O)C(Cl)(Cl)Cl)N(Cc1ccccc1)Cc1ccccc1. The highest BCUT2D eigenvalue weighted by atomic mass is 35.6. The Morgan fingerprint density at radius 2 is 1.28 bits per heavy atom. The first-order chi connectivity index (χ1) is 11.7. The van der Waals surface area contributed by atoms with E-state index in [1.807, 2.05) is 60.7 Å². The predicted octanol–water partition coefficient (Wildman–Crippen LogP) is 3.75. The van der Waals surface area contributed by atoms with Gasteiger partial charge in [0.1, 0.15) is 6.10 Å². The van der Waals surface area contributed by atoms with Crippen LogP contribution in [-0.4, -0.2) is 33.5 Å². The summed E-state index contributed by atoms with van der Waals surface area (Å²) in [5.74, 6) is -0.677. The molecule has 1 atom stereocenters. The number of hydrogen-bond donors (Lipinski definition) is 1. The standard InChI is InChI=1S/C17H18Cl3NO3S/c18-17(19,20)16(22)13-25(23,24)21(11-14-7-3-1-4-8-14)12-15-9-5-2-6-10-15/h1-10,16,22H,11-13H2/t16-/m1/s1. The Morgan fingerprint density at radius 3 is 1.64 bits per heavy atom. The van der Waals surface area contributed by atoms with Crippen molar-refractivity contribution in [1.82, 2.24) is 4.31 Å². The van der Waals surface area contributed by atoms with Gasteiger partial charge in [-0.1, -0.05) is 95.5 Å². The van der Waals surface area contributed by atoms with Crippen molar-refractivity contribution in [1.29, 1.82) is 0 Å². The molecule has 2 aromatic carbocycles. The molecular formula is C17H18Cl3NO3S. The maximum absolute atomic E-state index is 12.8. The Kier molecular flexibility index (Phi) is 7.14. The lowest BCUT2D eigenvalue weighted by atomic mass is 10.2. The van der Waals surface area contributed by atoms with E-state index < -0.39 is 25.7 Å². The van der Waals surface area contributed by atoms with E-state index >= 15 is 0 Å². The Labute approximate surface area is 163 Å². The van der Waals surface area contributed by atoms with Gasteiger partial charge in [-0.05, 0) is 11.1 Å². The molecule has 0 fully saturated rings. The molecule has 0 heterocycles. The zero-order chi connectivity index (χ0) is 18.5. The smallest absolute Gasteiger partial charge is 0.217 e. The average Bonchev–Trinajstić information content (AvgIpc) is 2.55. The van der Waals surface area contributed by atoms with Crippen LogP contribution in [0.1, 0.15) is 11.1 Å².